The lowest BCUT2D eigenvalue weighted by atomic mass is 10.0. The number of hydrogen-bond donors (Lipinski definition) is 1. The number of aliphatic hydroxyl groups excluding tert-OH is 1. The van der Waals surface area contributed by atoms with Crippen LogP contribution in [0.4, 0.5) is 0 Å². The van der Waals surface area contributed by atoms with Crippen LogP contribution in [0.3, 0.4) is 0 Å². The summed E-state index contributed by atoms with van der Waals surface area (Å²) in [6, 6.07) is 0. The molecule has 0 aromatic carbocycles. The molecule has 0 bridgehead atoms. The number of ether oxygens (including phenoxy) is 3. The minimum atomic E-state index is -0.599. The highest BCUT2D eigenvalue weighted by atomic mass is 16.8. The van der Waals surface area contributed by atoms with E-state index in [0.717, 1.165) is 12.8 Å². The summed E-state index contributed by atoms with van der Waals surface area (Å²) in [4.78, 5) is 0. The van der Waals surface area contributed by atoms with Gasteiger partial charge in [-0.15, -0.1) is 0 Å². The summed E-state index contributed by atoms with van der Waals surface area (Å²) >= 11 is 0. The van der Waals surface area contributed by atoms with Crippen molar-refractivity contribution in [3.63, 3.8) is 0 Å². The van der Waals surface area contributed by atoms with Gasteiger partial charge in [-0.25, -0.2) is 0 Å². The number of hydrogen-bond acceptors (Lipinski definition) is 4. The molecule has 1 aliphatic carbocycles. The first-order chi connectivity index (χ1) is 6.55. The second-order valence-electron chi connectivity index (χ2n) is 4.93. The van der Waals surface area contributed by atoms with Gasteiger partial charge in [0.1, 0.15) is 6.10 Å². The maximum atomic E-state index is 9.37. The molecule has 0 spiro atoms. The van der Waals surface area contributed by atoms with Crippen LogP contribution in [-0.2, 0) is 14.2 Å². The van der Waals surface area contributed by atoms with Gasteiger partial charge < -0.3 is 19.3 Å². The average molecular weight is 200 g/mol. The van der Waals surface area contributed by atoms with E-state index < -0.39 is 12.1 Å². The van der Waals surface area contributed by atoms with Crippen LogP contribution in [0, 0.1) is 5.92 Å². The zero-order chi connectivity index (χ0) is 9.92. The predicted octanol–water partition coefficient (Wildman–Crippen LogP) is 0.634. The van der Waals surface area contributed by atoms with Gasteiger partial charge >= 0.3 is 0 Å². The van der Waals surface area contributed by atoms with E-state index in [0.29, 0.717) is 5.92 Å². The second-order valence-corrected chi connectivity index (χ2v) is 4.93. The molecule has 3 unspecified atom stereocenters. The van der Waals surface area contributed by atoms with Gasteiger partial charge in [-0.05, 0) is 26.2 Å². The summed E-state index contributed by atoms with van der Waals surface area (Å²) in [5.74, 6) is -0.0758. The molecule has 2 aliphatic heterocycles. The molecule has 3 rings (SSSR count). The molecule has 4 heteroatoms. The minimum absolute atomic E-state index is 0.0205. The smallest absolute Gasteiger partial charge is 0.163 e. The third-order valence-corrected chi connectivity index (χ3v) is 3.36. The first kappa shape index (κ1) is 9.09. The Bertz CT molecular complexity index is 253. The van der Waals surface area contributed by atoms with E-state index in [-0.39, 0.29) is 18.3 Å². The van der Waals surface area contributed by atoms with Crippen molar-refractivity contribution in [2.75, 3.05) is 0 Å². The maximum absolute atomic E-state index is 9.37. The topological polar surface area (TPSA) is 47.9 Å². The summed E-state index contributed by atoms with van der Waals surface area (Å²) in [7, 11) is 0. The van der Waals surface area contributed by atoms with E-state index in [1.165, 1.54) is 0 Å². The Morgan fingerprint density at radius 3 is 2.71 bits per heavy atom. The van der Waals surface area contributed by atoms with Gasteiger partial charge in [0.2, 0.25) is 0 Å². The Hall–Kier alpha value is -0.160. The van der Waals surface area contributed by atoms with E-state index in [2.05, 4.69) is 0 Å². The fraction of sp³-hybridized carbons (Fsp3) is 1.00. The normalized spacial score (nSPS) is 54.6. The fourth-order valence-corrected chi connectivity index (χ4v) is 2.94. The molecule has 2 saturated heterocycles. The van der Waals surface area contributed by atoms with Crippen LogP contribution in [-0.4, -0.2) is 35.5 Å². The summed E-state index contributed by atoms with van der Waals surface area (Å²) in [5.41, 5.74) is 0. The van der Waals surface area contributed by atoms with E-state index >= 15 is 0 Å². The van der Waals surface area contributed by atoms with Gasteiger partial charge in [0.15, 0.2) is 12.1 Å². The molecular weight excluding hydrogens is 184 g/mol. The molecule has 3 fully saturated rings. The fourth-order valence-electron chi connectivity index (χ4n) is 2.94. The summed E-state index contributed by atoms with van der Waals surface area (Å²) < 4.78 is 17.0. The van der Waals surface area contributed by atoms with Crippen molar-refractivity contribution >= 4 is 0 Å². The van der Waals surface area contributed by atoms with Gasteiger partial charge in [-0.1, -0.05) is 0 Å². The predicted molar refractivity (Wildman–Crippen MR) is 47.4 cm³/mol. The highest BCUT2D eigenvalue weighted by Crippen LogP contribution is 2.47. The lowest BCUT2D eigenvalue weighted by molar-refractivity contribution is -0.176. The van der Waals surface area contributed by atoms with Gasteiger partial charge in [-0.2, -0.15) is 0 Å². The molecule has 0 aromatic rings. The van der Waals surface area contributed by atoms with Crippen molar-refractivity contribution in [2.24, 2.45) is 5.92 Å². The highest BCUT2D eigenvalue weighted by molar-refractivity contribution is 5.01. The molecule has 2 heterocycles. The van der Waals surface area contributed by atoms with Crippen LogP contribution in [0.5, 0.6) is 0 Å². The van der Waals surface area contributed by atoms with Gasteiger partial charge in [-0.3, -0.25) is 0 Å². The Morgan fingerprint density at radius 1 is 1.14 bits per heavy atom. The van der Waals surface area contributed by atoms with E-state index in [1.807, 2.05) is 13.8 Å². The summed E-state index contributed by atoms with van der Waals surface area (Å²) in [6.45, 7) is 3.84. The van der Waals surface area contributed by atoms with Gasteiger partial charge in [0.25, 0.3) is 0 Å². The van der Waals surface area contributed by atoms with Crippen LogP contribution in [0.2, 0.25) is 0 Å². The van der Waals surface area contributed by atoms with Crippen molar-refractivity contribution in [3.05, 3.63) is 0 Å². The molecule has 14 heavy (non-hydrogen) atoms. The first-order valence-corrected chi connectivity index (χ1v) is 5.24. The molecule has 0 aromatic heterocycles. The van der Waals surface area contributed by atoms with Crippen molar-refractivity contribution in [1.82, 2.24) is 0 Å². The molecule has 1 N–H and O–H groups in total. The summed E-state index contributed by atoms with van der Waals surface area (Å²) in [5, 5.41) is 9.37. The first-order valence-electron chi connectivity index (χ1n) is 5.24. The van der Waals surface area contributed by atoms with Crippen molar-refractivity contribution in [1.29, 1.82) is 0 Å². The lowest BCUT2D eigenvalue weighted by Gasteiger charge is -2.21. The minimum Gasteiger partial charge on any atom is -0.368 e. The zero-order valence-corrected chi connectivity index (χ0v) is 8.47. The molecular formula is C10H16O4. The Kier molecular flexibility index (Phi) is 1.75. The van der Waals surface area contributed by atoms with Crippen LogP contribution in [0.15, 0.2) is 0 Å². The Labute approximate surface area is 83.1 Å². The zero-order valence-electron chi connectivity index (χ0n) is 8.47. The average Bonchev–Trinajstić information content (AvgIpc) is 2.58. The molecule has 1 saturated carbocycles. The van der Waals surface area contributed by atoms with E-state index in [4.69, 9.17) is 14.2 Å². The van der Waals surface area contributed by atoms with Crippen LogP contribution in [0.1, 0.15) is 26.7 Å². The standard InChI is InChI=1S/C10H16O4/c1-10(2)13-6-3-5-4-7(11)12-8(5)9(6)14-10/h5-9,11H,3-4H2,1-2H3/t5?,6-,7?,8-,9?/m0/s1. The van der Waals surface area contributed by atoms with Gasteiger partial charge in [0, 0.05) is 6.42 Å². The lowest BCUT2D eigenvalue weighted by Crippen LogP contribution is -2.31. The molecule has 3 aliphatic rings. The van der Waals surface area contributed by atoms with Gasteiger partial charge in [0.05, 0.1) is 12.2 Å². The third kappa shape index (κ3) is 1.21. The maximum Gasteiger partial charge on any atom is 0.163 e. The Balaban J connectivity index is 1.78. The Morgan fingerprint density at radius 2 is 1.93 bits per heavy atom. The van der Waals surface area contributed by atoms with Crippen LogP contribution in [0.25, 0.3) is 0 Å². The van der Waals surface area contributed by atoms with Crippen molar-refractivity contribution in [3.8, 4) is 0 Å². The molecule has 80 valence electrons. The molecule has 4 nitrogen and oxygen atoms in total. The third-order valence-electron chi connectivity index (χ3n) is 3.36. The van der Waals surface area contributed by atoms with Crippen molar-refractivity contribution in [2.45, 2.75) is 57.1 Å². The SMILES string of the molecule is CC1(C)OC2[C@H]3OC(O)CC3C[C@@H]2O1. The largest absolute Gasteiger partial charge is 0.368 e. The molecule has 5 atom stereocenters. The number of fused-ring (bicyclic) bond motifs is 3. The second kappa shape index (κ2) is 2.70. The van der Waals surface area contributed by atoms with E-state index in [9.17, 15) is 5.11 Å². The monoisotopic (exact) mass is 200 g/mol. The van der Waals surface area contributed by atoms with Crippen LogP contribution < -0.4 is 0 Å². The van der Waals surface area contributed by atoms with Crippen molar-refractivity contribution < 1.29 is 19.3 Å². The van der Waals surface area contributed by atoms with E-state index in [1.54, 1.807) is 0 Å². The number of aliphatic hydroxyl groups is 1. The quantitative estimate of drug-likeness (QED) is 0.623. The summed E-state index contributed by atoms with van der Waals surface area (Å²) in [6.07, 6.45) is 1.30. The highest BCUT2D eigenvalue weighted by Gasteiger charge is 2.57. The molecule has 0 radical (unpaired) electrons. The molecule has 0 amide bonds. The number of rotatable bonds is 0. The van der Waals surface area contributed by atoms with Crippen LogP contribution >= 0.6 is 0 Å².